The fourth-order valence-corrected chi connectivity index (χ4v) is 10.5. The zero-order valence-electron chi connectivity index (χ0n) is 37.4. The van der Waals surface area contributed by atoms with Crippen molar-refractivity contribution in [1.29, 1.82) is 0 Å². The second kappa shape index (κ2) is 18.3. The Kier molecular flexibility index (Phi) is 13.6. The van der Waals surface area contributed by atoms with Gasteiger partial charge in [0, 0.05) is 32.4 Å². The van der Waals surface area contributed by atoms with Crippen molar-refractivity contribution >= 4 is 21.9 Å². The molecule has 4 aromatic carbocycles. The molecule has 322 valence electrons. The molecule has 0 saturated carbocycles. The summed E-state index contributed by atoms with van der Waals surface area (Å²) >= 11 is 0. The van der Waals surface area contributed by atoms with Crippen LogP contribution in [0.25, 0.3) is 0 Å². The Morgan fingerprint density at radius 1 is 0.721 bits per heavy atom. The molecule has 3 heterocycles. The molecule has 0 spiro atoms. The van der Waals surface area contributed by atoms with E-state index in [9.17, 15) is 23.1 Å². The Bertz CT molecular complexity index is 2540. The fourth-order valence-electron chi connectivity index (χ4n) is 9.38. The molecule has 2 atom stereocenters. The summed E-state index contributed by atoms with van der Waals surface area (Å²) in [6.45, 7) is 23.6. The number of aryl methyl sites for hydroxylation is 6. The lowest BCUT2D eigenvalue weighted by atomic mass is 9.93. The molecule has 2 unspecified atom stereocenters. The van der Waals surface area contributed by atoms with E-state index in [2.05, 4.69) is 125 Å². The lowest BCUT2D eigenvalue weighted by molar-refractivity contribution is -0.143. The van der Waals surface area contributed by atoms with Crippen LogP contribution >= 0.6 is 0 Å². The van der Waals surface area contributed by atoms with Crippen LogP contribution in [0.1, 0.15) is 130 Å². The Labute approximate surface area is 362 Å². The number of pyridine rings is 1. The van der Waals surface area contributed by atoms with E-state index in [-0.39, 0.29) is 16.7 Å². The first-order valence-electron chi connectivity index (χ1n) is 21.0. The fraction of sp³-hybridized carbons (Fsp3) is 0.380. The number of aliphatic carboxylic acids is 1. The number of carbonyl (C=O) groups excluding carboxylic acids is 1. The molecule has 0 aliphatic carbocycles. The molecule has 2 aliphatic rings. The Balaban J connectivity index is 0.000000218. The van der Waals surface area contributed by atoms with Gasteiger partial charge in [0.1, 0.15) is 17.0 Å². The number of nitrogens with zero attached hydrogens (tertiary/aromatic N) is 3. The normalized spacial score (nSPS) is 16.3. The summed E-state index contributed by atoms with van der Waals surface area (Å²) in [7, 11) is -2.86. The van der Waals surface area contributed by atoms with Crippen molar-refractivity contribution in [2.45, 2.75) is 124 Å². The van der Waals surface area contributed by atoms with Crippen LogP contribution in [0.15, 0.2) is 83.9 Å². The third kappa shape index (κ3) is 9.44. The maximum Gasteiger partial charge on any atom is 0.325 e. The minimum absolute atomic E-state index is 0.0607. The quantitative estimate of drug-likeness (QED) is 0.134. The second-order valence-corrected chi connectivity index (χ2v) is 19.0. The van der Waals surface area contributed by atoms with Crippen LogP contribution < -0.4 is 9.46 Å². The smallest absolute Gasteiger partial charge is 0.325 e. The highest BCUT2D eigenvalue weighted by molar-refractivity contribution is 7.90. The number of ether oxygens (including phenoxy) is 1. The van der Waals surface area contributed by atoms with Gasteiger partial charge in [-0.15, -0.1) is 0 Å². The molecule has 7 rings (SSSR count). The summed E-state index contributed by atoms with van der Waals surface area (Å²) in [5.41, 5.74) is 16.1. The number of methoxy groups -OCH3 is 1. The first-order chi connectivity index (χ1) is 28.8. The number of carboxylic acids is 1. The van der Waals surface area contributed by atoms with Gasteiger partial charge in [-0.05, 0) is 132 Å². The number of carboxylic acid groups (broad SMARTS) is 1. The van der Waals surface area contributed by atoms with Crippen LogP contribution in [0, 0.1) is 41.5 Å². The molecule has 0 radical (unpaired) electrons. The van der Waals surface area contributed by atoms with E-state index in [0.717, 1.165) is 33.4 Å². The minimum atomic E-state index is -4.20. The molecule has 0 fully saturated rings. The number of benzene rings is 4. The van der Waals surface area contributed by atoms with Gasteiger partial charge in [-0.2, -0.15) is 0 Å². The van der Waals surface area contributed by atoms with Gasteiger partial charge in [0.15, 0.2) is 0 Å². The highest BCUT2D eigenvalue weighted by Crippen LogP contribution is 2.41. The van der Waals surface area contributed by atoms with Crippen LogP contribution in [0.5, 0.6) is 5.88 Å². The number of rotatable bonds is 11. The van der Waals surface area contributed by atoms with Gasteiger partial charge in [-0.3, -0.25) is 19.4 Å². The molecule has 5 aromatic rings. The number of carbonyl (C=O) groups is 2. The number of hydrogen-bond acceptors (Lipinski definition) is 8. The second-order valence-electron chi connectivity index (χ2n) is 17.3. The van der Waals surface area contributed by atoms with E-state index in [1.165, 1.54) is 69.9 Å². The monoisotopic (exact) mass is 844 g/mol. The zero-order valence-corrected chi connectivity index (χ0v) is 38.2. The Hall–Kier alpha value is -5.36. The maximum atomic E-state index is 13.7. The summed E-state index contributed by atoms with van der Waals surface area (Å²) in [6.07, 6.45) is 1.44. The van der Waals surface area contributed by atoms with Gasteiger partial charge >= 0.3 is 5.97 Å². The number of aromatic nitrogens is 1. The first-order valence-corrected chi connectivity index (χ1v) is 22.4. The van der Waals surface area contributed by atoms with Crippen LogP contribution in [0.4, 0.5) is 0 Å². The summed E-state index contributed by atoms with van der Waals surface area (Å²) < 4.78 is 33.8. The molecule has 0 saturated heterocycles. The number of sulfonamides is 1. The summed E-state index contributed by atoms with van der Waals surface area (Å²) in [5, 5.41) is 9.88. The topological polar surface area (TPSA) is 129 Å². The number of amides is 1. The van der Waals surface area contributed by atoms with Gasteiger partial charge in [-0.25, -0.2) is 18.1 Å². The predicted octanol–water partition coefficient (Wildman–Crippen LogP) is 9.58. The highest BCUT2D eigenvalue weighted by atomic mass is 32.2. The van der Waals surface area contributed by atoms with E-state index < -0.39 is 34.0 Å². The van der Waals surface area contributed by atoms with E-state index in [0.29, 0.717) is 32.1 Å². The summed E-state index contributed by atoms with van der Waals surface area (Å²) in [4.78, 5) is 33.7. The summed E-state index contributed by atoms with van der Waals surface area (Å²) in [6, 6.07) is 22.3. The molecular weight excluding hydrogens is 785 g/mol. The third-order valence-electron chi connectivity index (χ3n) is 12.1. The standard InChI is InChI=1S/C28H33N3O4S.C22H27NO2/c1-17(2)21-9-7-10-22-24(21)16-31(15-23-19(4)13-18(3)14-20(23)5)26(22)27(32)30-36(33,34)25-11-8-12-29-28(25)35-6;1-13(2)17-7-6-8-18-20(17)12-23(21(18)22(24)25)11-19-15(4)9-14(3)10-16(19)5/h7-14,17,26H,15-16H2,1-6H3,(H,30,32);6-10,13,21H,11-12H2,1-5H3,(H,24,25). The average Bonchev–Trinajstić information content (AvgIpc) is 3.75. The van der Waals surface area contributed by atoms with Gasteiger partial charge in [0.05, 0.1) is 7.11 Å². The Morgan fingerprint density at radius 2 is 1.16 bits per heavy atom. The zero-order chi connectivity index (χ0) is 44.5. The SMILES string of the molecule is COc1ncccc1S(=O)(=O)NC(=O)C1c2cccc(C(C)C)c2CN1Cc1c(C)cc(C)cc1C.Cc1cc(C)c(CN2Cc3c(C(C)C)cccc3C2C(=O)O)c(C)c1. The van der Waals surface area contributed by atoms with Gasteiger partial charge in [0.25, 0.3) is 15.9 Å². The van der Waals surface area contributed by atoms with Crippen molar-refractivity contribution < 1.29 is 27.9 Å². The maximum absolute atomic E-state index is 13.7. The van der Waals surface area contributed by atoms with Crippen molar-refractivity contribution in [2.75, 3.05) is 7.11 Å². The molecule has 2 aliphatic heterocycles. The molecule has 1 aromatic heterocycles. The van der Waals surface area contributed by atoms with Gasteiger partial charge in [-0.1, -0.05) is 99.5 Å². The number of nitrogens with one attached hydrogen (secondary N) is 1. The van der Waals surface area contributed by atoms with Crippen molar-refractivity contribution in [3.8, 4) is 5.88 Å². The van der Waals surface area contributed by atoms with Crippen molar-refractivity contribution in [3.05, 3.63) is 157 Å². The number of fused-ring (bicyclic) bond motifs is 2. The van der Waals surface area contributed by atoms with Crippen molar-refractivity contribution in [1.82, 2.24) is 19.5 Å². The van der Waals surface area contributed by atoms with E-state index in [1.54, 1.807) is 0 Å². The minimum Gasteiger partial charge on any atom is -0.480 e. The van der Waals surface area contributed by atoms with Gasteiger partial charge in [0.2, 0.25) is 5.88 Å². The molecule has 11 heteroatoms. The molecule has 10 nitrogen and oxygen atoms in total. The largest absolute Gasteiger partial charge is 0.480 e. The summed E-state index contributed by atoms with van der Waals surface area (Å²) in [5.74, 6) is -0.749. The van der Waals surface area contributed by atoms with E-state index >= 15 is 0 Å². The molecule has 1 amide bonds. The molecule has 0 bridgehead atoms. The number of hydrogen-bond donors (Lipinski definition) is 2. The average molecular weight is 845 g/mol. The third-order valence-corrected chi connectivity index (χ3v) is 13.5. The van der Waals surface area contributed by atoms with Crippen molar-refractivity contribution in [3.63, 3.8) is 0 Å². The first kappa shape index (κ1) is 45.2. The highest BCUT2D eigenvalue weighted by Gasteiger charge is 2.40. The van der Waals surface area contributed by atoms with E-state index in [1.807, 2.05) is 24.3 Å². The molecule has 2 N–H and O–H groups in total. The van der Waals surface area contributed by atoms with Gasteiger partial charge < -0.3 is 9.84 Å². The lowest BCUT2D eigenvalue weighted by Crippen LogP contribution is -2.40. The molecule has 61 heavy (non-hydrogen) atoms. The van der Waals surface area contributed by atoms with Crippen LogP contribution in [0.3, 0.4) is 0 Å². The lowest BCUT2D eigenvalue weighted by Gasteiger charge is -2.26. The Morgan fingerprint density at radius 3 is 1.59 bits per heavy atom. The predicted molar refractivity (Wildman–Crippen MR) is 240 cm³/mol. The van der Waals surface area contributed by atoms with Crippen LogP contribution in [0.2, 0.25) is 0 Å². The van der Waals surface area contributed by atoms with E-state index in [4.69, 9.17) is 4.74 Å². The van der Waals surface area contributed by atoms with Crippen molar-refractivity contribution in [2.24, 2.45) is 0 Å². The molecular formula is C50H60N4O6S. The van der Waals surface area contributed by atoms with Crippen LogP contribution in [-0.4, -0.2) is 47.3 Å². The van der Waals surface area contributed by atoms with Crippen LogP contribution in [-0.2, 0) is 45.8 Å².